The monoisotopic (exact) mass is 227 g/mol. The van der Waals surface area contributed by atoms with Gasteiger partial charge in [-0.15, -0.1) is 11.3 Å². The standard InChI is InChI=1S/C12H11O2S.Li.H/c1-13-9-14-12-8-15-7-11(12)10-5-3-2-4-6-10;;/h2-7H,9H2,1H3;;. The van der Waals surface area contributed by atoms with Crippen LogP contribution in [0.1, 0.15) is 0 Å². The van der Waals surface area contributed by atoms with E-state index < -0.39 is 0 Å². The Hall–Kier alpha value is -0.723. The molecular weight excluding hydrogens is 215 g/mol. The van der Waals surface area contributed by atoms with Gasteiger partial charge in [0.05, 0.1) is 5.38 Å². The van der Waals surface area contributed by atoms with Crippen molar-refractivity contribution in [1.82, 2.24) is 0 Å². The third-order valence-corrected chi connectivity index (χ3v) is 2.64. The number of hydrogen-bond acceptors (Lipinski definition) is 3. The molecule has 2 nitrogen and oxygen atoms in total. The number of thiophene rings is 1. The molecule has 1 heterocycles. The third kappa shape index (κ3) is 3.13. The number of hydrogen-bond donors (Lipinski definition) is 0. The van der Waals surface area contributed by atoms with E-state index >= 15 is 0 Å². The second kappa shape index (κ2) is 6.77. The summed E-state index contributed by atoms with van der Waals surface area (Å²) in [5.74, 6) is 0.757. The van der Waals surface area contributed by atoms with E-state index in [-0.39, 0.29) is 25.7 Å². The van der Waals surface area contributed by atoms with Gasteiger partial charge in [-0.3, -0.25) is 0 Å². The summed E-state index contributed by atoms with van der Waals surface area (Å²) in [6.45, 7) is 0.257. The molecular formula is C12H12LiO2S. The van der Waals surface area contributed by atoms with Crippen molar-refractivity contribution in [3.63, 3.8) is 0 Å². The van der Waals surface area contributed by atoms with E-state index in [1.54, 1.807) is 7.11 Å². The van der Waals surface area contributed by atoms with E-state index in [1.165, 1.54) is 11.3 Å². The summed E-state index contributed by atoms with van der Waals surface area (Å²) in [5.41, 5.74) is 2.21. The van der Waals surface area contributed by atoms with Crippen molar-refractivity contribution in [2.75, 3.05) is 13.9 Å². The maximum absolute atomic E-state index is 5.41. The van der Waals surface area contributed by atoms with Crippen LogP contribution < -0.4 is 4.74 Å². The zero-order valence-corrected chi connectivity index (χ0v) is 9.21. The number of rotatable bonds is 4. The Morgan fingerprint density at radius 1 is 1.25 bits per heavy atom. The van der Waals surface area contributed by atoms with Gasteiger partial charge in [0.1, 0.15) is 5.75 Å². The van der Waals surface area contributed by atoms with Crippen LogP contribution in [0.15, 0.2) is 35.7 Å². The number of ether oxygens (including phenoxy) is 2. The Balaban J connectivity index is 0.00000128. The Labute approximate surface area is 111 Å². The van der Waals surface area contributed by atoms with Crippen molar-refractivity contribution >= 4 is 30.2 Å². The molecule has 0 aliphatic heterocycles. The van der Waals surface area contributed by atoms with Gasteiger partial charge in [0.15, 0.2) is 6.79 Å². The molecule has 1 radical (unpaired) electrons. The molecule has 0 atom stereocenters. The molecule has 0 aliphatic rings. The first-order valence-corrected chi connectivity index (χ1v) is 5.46. The fourth-order valence-electron chi connectivity index (χ4n) is 1.29. The van der Waals surface area contributed by atoms with Crippen LogP contribution in [0.25, 0.3) is 11.1 Å². The zero-order chi connectivity index (χ0) is 10.5. The van der Waals surface area contributed by atoms with Crippen molar-refractivity contribution in [3.8, 4) is 16.9 Å². The molecule has 0 spiro atoms. The Morgan fingerprint density at radius 2 is 2.00 bits per heavy atom. The summed E-state index contributed by atoms with van der Waals surface area (Å²) in [7, 11) is 1.61. The van der Waals surface area contributed by atoms with E-state index in [0.717, 1.165) is 16.9 Å². The summed E-state index contributed by atoms with van der Waals surface area (Å²) < 4.78 is 10.3. The van der Waals surface area contributed by atoms with Crippen molar-refractivity contribution < 1.29 is 9.47 Å². The van der Waals surface area contributed by atoms with Crippen molar-refractivity contribution in [3.05, 3.63) is 41.1 Å². The van der Waals surface area contributed by atoms with E-state index in [0.29, 0.717) is 0 Å². The molecule has 0 saturated carbocycles. The minimum atomic E-state index is 0. The van der Waals surface area contributed by atoms with Crippen molar-refractivity contribution in [2.45, 2.75) is 0 Å². The first kappa shape index (κ1) is 13.3. The fraction of sp³-hybridized carbons (Fsp3) is 0.167. The second-order valence-corrected chi connectivity index (χ2v) is 3.67. The van der Waals surface area contributed by atoms with Crippen molar-refractivity contribution in [1.29, 1.82) is 0 Å². The van der Waals surface area contributed by atoms with Crippen LogP contribution in [0.2, 0.25) is 0 Å². The summed E-state index contributed by atoms with van der Waals surface area (Å²) in [4.78, 5) is 0. The summed E-state index contributed by atoms with van der Waals surface area (Å²) in [6, 6.07) is 10.1. The zero-order valence-electron chi connectivity index (χ0n) is 8.40. The molecule has 0 aliphatic carbocycles. The molecule has 1 aromatic carbocycles. The van der Waals surface area contributed by atoms with E-state index in [9.17, 15) is 0 Å². The molecule has 16 heavy (non-hydrogen) atoms. The Bertz CT molecular complexity index is 414. The molecule has 2 aromatic rings. The SMILES string of the molecule is COCOc1[c]scc1-c1ccccc1.[LiH]. The van der Waals surface area contributed by atoms with Crippen LogP contribution >= 0.6 is 11.3 Å². The van der Waals surface area contributed by atoms with E-state index in [2.05, 4.69) is 17.5 Å². The predicted octanol–water partition coefficient (Wildman–Crippen LogP) is 2.55. The van der Waals surface area contributed by atoms with Gasteiger partial charge in [0, 0.05) is 18.1 Å². The van der Waals surface area contributed by atoms with Gasteiger partial charge in [-0.25, -0.2) is 0 Å². The van der Waals surface area contributed by atoms with Gasteiger partial charge in [-0.2, -0.15) is 0 Å². The molecule has 0 bridgehead atoms. The molecule has 0 N–H and O–H groups in total. The topological polar surface area (TPSA) is 18.5 Å². The van der Waals surface area contributed by atoms with Gasteiger partial charge in [0.2, 0.25) is 0 Å². The fourth-order valence-corrected chi connectivity index (χ4v) is 1.99. The second-order valence-electron chi connectivity index (χ2n) is 3.00. The first-order valence-electron chi connectivity index (χ1n) is 4.58. The van der Waals surface area contributed by atoms with Crippen LogP contribution in [-0.2, 0) is 4.74 Å². The molecule has 79 valence electrons. The number of methoxy groups -OCH3 is 1. The van der Waals surface area contributed by atoms with Gasteiger partial charge >= 0.3 is 18.9 Å². The van der Waals surface area contributed by atoms with E-state index in [1.807, 2.05) is 23.6 Å². The summed E-state index contributed by atoms with van der Waals surface area (Å²) in [6.07, 6.45) is 0. The van der Waals surface area contributed by atoms with Crippen LogP contribution in [0.4, 0.5) is 0 Å². The third-order valence-electron chi connectivity index (χ3n) is 1.98. The average Bonchev–Trinajstić information content (AvgIpc) is 2.75. The quantitative estimate of drug-likeness (QED) is 0.590. The molecule has 0 unspecified atom stereocenters. The van der Waals surface area contributed by atoms with Crippen LogP contribution in [0.5, 0.6) is 5.75 Å². The van der Waals surface area contributed by atoms with Crippen LogP contribution in [-0.4, -0.2) is 32.8 Å². The van der Waals surface area contributed by atoms with Gasteiger partial charge in [-0.1, -0.05) is 30.3 Å². The van der Waals surface area contributed by atoms with Gasteiger partial charge in [0.25, 0.3) is 0 Å². The Morgan fingerprint density at radius 3 is 2.69 bits per heavy atom. The van der Waals surface area contributed by atoms with Crippen LogP contribution in [0, 0.1) is 5.38 Å². The molecule has 4 heteroatoms. The molecule has 0 amide bonds. The molecule has 0 fully saturated rings. The van der Waals surface area contributed by atoms with Gasteiger partial charge in [-0.05, 0) is 5.56 Å². The molecule has 1 aromatic heterocycles. The first-order chi connectivity index (χ1) is 7.42. The van der Waals surface area contributed by atoms with Crippen LogP contribution in [0.3, 0.4) is 0 Å². The summed E-state index contributed by atoms with van der Waals surface area (Å²) in [5, 5.41) is 5.11. The summed E-state index contributed by atoms with van der Waals surface area (Å²) >= 11 is 1.51. The maximum atomic E-state index is 5.41. The number of benzene rings is 1. The Kier molecular flexibility index (Phi) is 5.65. The normalized spacial score (nSPS) is 9.56. The molecule has 2 rings (SSSR count). The van der Waals surface area contributed by atoms with E-state index in [4.69, 9.17) is 9.47 Å². The van der Waals surface area contributed by atoms with Crippen molar-refractivity contribution in [2.24, 2.45) is 0 Å². The van der Waals surface area contributed by atoms with Gasteiger partial charge < -0.3 is 9.47 Å². The predicted molar refractivity (Wildman–Crippen MR) is 68.2 cm³/mol. The minimum absolute atomic E-state index is 0. The molecule has 0 saturated heterocycles. The average molecular weight is 227 g/mol.